The van der Waals surface area contributed by atoms with Crippen LogP contribution < -0.4 is 5.32 Å². The van der Waals surface area contributed by atoms with Crippen LogP contribution in [0.15, 0.2) is 36.4 Å². The predicted octanol–water partition coefficient (Wildman–Crippen LogP) is 3.91. The lowest BCUT2D eigenvalue weighted by Crippen LogP contribution is -2.16. The summed E-state index contributed by atoms with van der Waals surface area (Å²) >= 11 is 6.06. The number of amides is 1. The minimum Gasteiger partial charge on any atom is -0.478 e. The van der Waals surface area contributed by atoms with Crippen LogP contribution in [-0.2, 0) is 0 Å². The van der Waals surface area contributed by atoms with Gasteiger partial charge in [0.05, 0.1) is 21.8 Å². The van der Waals surface area contributed by atoms with Crippen LogP contribution >= 0.6 is 11.6 Å². The van der Waals surface area contributed by atoms with Gasteiger partial charge in [0.1, 0.15) is 0 Å². The van der Waals surface area contributed by atoms with E-state index in [1.54, 1.807) is 37.3 Å². The maximum absolute atomic E-state index is 12.3. The van der Waals surface area contributed by atoms with Gasteiger partial charge in [-0.05, 0) is 43.2 Å². The Kier molecular flexibility index (Phi) is 4.29. The maximum Gasteiger partial charge on any atom is 0.337 e. The molecule has 2 aromatic rings. The molecule has 2 rings (SSSR count). The van der Waals surface area contributed by atoms with E-state index < -0.39 is 11.9 Å². The average Bonchev–Trinajstić information content (AvgIpc) is 2.40. The molecule has 0 atom stereocenters. The SMILES string of the molecule is Cc1ccc(C(=O)Nc2c(C)cccc2C(=O)O)c(Cl)c1. The van der Waals surface area contributed by atoms with Crippen LogP contribution in [-0.4, -0.2) is 17.0 Å². The number of rotatable bonds is 3. The summed E-state index contributed by atoms with van der Waals surface area (Å²) in [7, 11) is 0. The molecule has 0 aromatic heterocycles. The lowest BCUT2D eigenvalue weighted by atomic mass is 10.1. The van der Waals surface area contributed by atoms with Gasteiger partial charge in [-0.15, -0.1) is 0 Å². The second kappa shape index (κ2) is 5.97. The molecule has 0 saturated heterocycles. The molecular weight excluding hydrogens is 290 g/mol. The molecule has 2 N–H and O–H groups in total. The third-order valence-electron chi connectivity index (χ3n) is 3.11. The van der Waals surface area contributed by atoms with Gasteiger partial charge < -0.3 is 10.4 Å². The Balaban J connectivity index is 2.38. The summed E-state index contributed by atoms with van der Waals surface area (Å²) in [6.07, 6.45) is 0. The highest BCUT2D eigenvalue weighted by Crippen LogP contribution is 2.24. The molecule has 0 aliphatic heterocycles. The third kappa shape index (κ3) is 3.23. The number of aryl methyl sites for hydroxylation is 2. The molecule has 0 aliphatic carbocycles. The first-order valence-corrected chi connectivity index (χ1v) is 6.68. The fraction of sp³-hybridized carbons (Fsp3) is 0.125. The smallest absolute Gasteiger partial charge is 0.337 e. The Hall–Kier alpha value is -2.33. The Bertz CT molecular complexity index is 725. The van der Waals surface area contributed by atoms with Crippen LogP contribution in [0, 0.1) is 13.8 Å². The summed E-state index contributed by atoms with van der Waals surface area (Å²) in [4.78, 5) is 23.5. The van der Waals surface area contributed by atoms with Gasteiger partial charge in [0.15, 0.2) is 0 Å². The molecule has 21 heavy (non-hydrogen) atoms. The zero-order valence-electron chi connectivity index (χ0n) is 11.6. The molecule has 1 amide bonds. The third-order valence-corrected chi connectivity index (χ3v) is 3.42. The number of carbonyl (C=O) groups is 2. The fourth-order valence-electron chi connectivity index (χ4n) is 2.00. The highest BCUT2D eigenvalue weighted by Gasteiger charge is 2.17. The van der Waals surface area contributed by atoms with E-state index in [9.17, 15) is 14.7 Å². The number of carboxylic acids is 1. The number of hydrogen-bond acceptors (Lipinski definition) is 2. The van der Waals surface area contributed by atoms with Crippen LogP contribution in [0.1, 0.15) is 31.8 Å². The van der Waals surface area contributed by atoms with Gasteiger partial charge in [0.2, 0.25) is 0 Å². The highest BCUT2D eigenvalue weighted by molar-refractivity contribution is 6.34. The first-order valence-electron chi connectivity index (χ1n) is 6.30. The van der Waals surface area contributed by atoms with Gasteiger partial charge in [0.25, 0.3) is 5.91 Å². The second-order valence-electron chi connectivity index (χ2n) is 4.74. The number of aromatic carboxylic acids is 1. The molecule has 0 heterocycles. The molecule has 5 heteroatoms. The van der Waals surface area contributed by atoms with Crippen molar-refractivity contribution in [3.8, 4) is 0 Å². The number of hydrogen-bond donors (Lipinski definition) is 2. The first-order chi connectivity index (χ1) is 9.90. The number of halogens is 1. The Morgan fingerprint density at radius 3 is 2.43 bits per heavy atom. The summed E-state index contributed by atoms with van der Waals surface area (Å²) in [6.45, 7) is 3.61. The molecule has 0 bridgehead atoms. The van der Waals surface area contributed by atoms with Gasteiger partial charge >= 0.3 is 5.97 Å². The predicted molar refractivity (Wildman–Crippen MR) is 82.3 cm³/mol. The van der Waals surface area contributed by atoms with Crippen molar-refractivity contribution in [3.63, 3.8) is 0 Å². The van der Waals surface area contributed by atoms with Crippen molar-refractivity contribution in [2.75, 3.05) is 5.32 Å². The van der Waals surface area contributed by atoms with E-state index in [1.807, 2.05) is 6.92 Å². The second-order valence-corrected chi connectivity index (χ2v) is 5.15. The number of nitrogens with one attached hydrogen (secondary N) is 1. The van der Waals surface area contributed by atoms with Crippen LogP contribution in [0.25, 0.3) is 0 Å². The topological polar surface area (TPSA) is 66.4 Å². The van der Waals surface area contributed by atoms with Crippen molar-refractivity contribution in [1.29, 1.82) is 0 Å². The van der Waals surface area contributed by atoms with E-state index >= 15 is 0 Å². The minimum atomic E-state index is -1.09. The highest BCUT2D eigenvalue weighted by atomic mass is 35.5. The lowest BCUT2D eigenvalue weighted by molar-refractivity contribution is 0.0698. The Morgan fingerprint density at radius 1 is 1.10 bits per heavy atom. The van der Waals surface area contributed by atoms with Crippen molar-refractivity contribution in [3.05, 3.63) is 63.7 Å². The largest absolute Gasteiger partial charge is 0.478 e. The summed E-state index contributed by atoms with van der Waals surface area (Å²) in [5.74, 6) is -1.53. The molecule has 0 saturated carbocycles. The molecule has 0 spiro atoms. The summed E-state index contributed by atoms with van der Waals surface area (Å²) in [5.41, 5.74) is 2.25. The molecule has 0 radical (unpaired) electrons. The van der Waals surface area contributed by atoms with Gasteiger partial charge in [-0.2, -0.15) is 0 Å². The first kappa shape index (κ1) is 15.1. The van der Waals surface area contributed by atoms with Crippen LogP contribution in [0.3, 0.4) is 0 Å². The fourth-order valence-corrected chi connectivity index (χ4v) is 2.32. The monoisotopic (exact) mass is 303 g/mol. The van der Waals surface area contributed by atoms with E-state index in [0.29, 0.717) is 16.1 Å². The van der Waals surface area contributed by atoms with Crippen molar-refractivity contribution in [2.45, 2.75) is 13.8 Å². The lowest BCUT2D eigenvalue weighted by Gasteiger charge is -2.12. The molecular formula is C16H14ClNO3. The molecule has 4 nitrogen and oxygen atoms in total. The van der Waals surface area contributed by atoms with E-state index in [-0.39, 0.29) is 11.3 Å². The number of carbonyl (C=O) groups excluding carboxylic acids is 1. The van der Waals surface area contributed by atoms with E-state index in [2.05, 4.69) is 5.32 Å². The van der Waals surface area contributed by atoms with Crippen LogP contribution in [0.4, 0.5) is 5.69 Å². The van der Waals surface area contributed by atoms with Gasteiger partial charge in [-0.3, -0.25) is 4.79 Å². The number of anilines is 1. The van der Waals surface area contributed by atoms with Crippen molar-refractivity contribution in [2.24, 2.45) is 0 Å². The molecule has 108 valence electrons. The maximum atomic E-state index is 12.3. The Morgan fingerprint density at radius 2 is 1.81 bits per heavy atom. The van der Waals surface area contributed by atoms with Gasteiger partial charge in [0, 0.05) is 0 Å². The van der Waals surface area contributed by atoms with E-state index in [0.717, 1.165) is 5.56 Å². The van der Waals surface area contributed by atoms with E-state index in [4.69, 9.17) is 11.6 Å². The van der Waals surface area contributed by atoms with Gasteiger partial charge in [-0.25, -0.2) is 4.79 Å². The minimum absolute atomic E-state index is 0.0478. The molecule has 0 unspecified atom stereocenters. The van der Waals surface area contributed by atoms with Crippen molar-refractivity contribution in [1.82, 2.24) is 0 Å². The number of carboxylic acid groups (broad SMARTS) is 1. The molecule has 0 aliphatic rings. The standard InChI is InChI=1S/C16H14ClNO3/c1-9-6-7-11(13(17)8-9)15(19)18-14-10(2)4-3-5-12(14)16(20)21/h3-8H,1-2H3,(H,18,19)(H,20,21). The molecule has 2 aromatic carbocycles. The molecule has 0 fully saturated rings. The normalized spacial score (nSPS) is 10.2. The van der Waals surface area contributed by atoms with E-state index in [1.165, 1.54) is 6.07 Å². The average molecular weight is 304 g/mol. The Labute approximate surface area is 127 Å². The summed E-state index contributed by atoms with van der Waals surface area (Å²) < 4.78 is 0. The quantitative estimate of drug-likeness (QED) is 0.903. The summed E-state index contributed by atoms with van der Waals surface area (Å²) in [5, 5.41) is 12.2. The number of para-hydroxylation sites is 1. The van der Waals surface area contributed by atoms with Crippen LogP contribution in [0.5, 0.6) is 0 Å². The van der Waals surface area contributed by atoms with Gasteiger partial charge in [-0.1, -0.05) is 29.8 Å². The number of benzene rings is 2. The summed E-state index contributed by atoms with van der Waals surface area (Å²) in [6, 6.07) is 9.89. The van der Waals surface area contributed by atoms with Crippen molar-refractivity contribution < 1.29 is 14.7 Å². The zero-order chi connectivity index (χ0) is 15.6. The zero-order valence-corrected chi connectivity index (χ0v) is 12.4. The van der Waals surface area contributed by atoms with Crippen LogP contribution in [0.2, 0.25) is 5.02 Å². The van der Waals surface area contributed by atoms with Crippen molar-refractivity contribution >= 4 is 29.2 Å².